The van der Waals surface area contributed by atoms with Crippen molar-refractivity contribution in [3.8, 4) is 0 Å². The molecule has 50 heavy (non-hydrogen) atoms. The number of urea groups is 1. The number of nitrogens with one attached hydrogen (secondary N) is 2. The number of aliphatic hydroxyl groups excluding tert-OH is 1. The predicted octanol–water partition coefficient (Wildman–Crippen LogP) is 7.70. The molecular weight excluding hydrogens is 650 g/mol. The van der Waals surface area contributed by atoms with Gasteiger partial charge in [0, 0.05) is 47.4 Å². The molecule has 6 aliphatic rings. The van der Waals surface area contributed by atoms with E-state index in [4.69, 9.17) is 21.1 Å². The van der Waals surface area contributed by atoms with Gasteiger partial charge in [-0.2, -0.15) is 0 Å². The highest BCUT2D eigenvalue weighted by molar-refractivity contribution is 6.30. The second kappa shape index (κ2) is 13.9. The van der Waals surface area contributed by atoms with Crippen molar-refractivity contribution in [2.75, 3.05) is 25.0 Å². The summed E-state index contributed by atoms with van der Waals surface area (Å²) in [5, 5.41) is 28.3. The van der Waals surface area contributed by atoms with Gasteiger partial charge in [-0.25, -0.2) is 4.79 Å². The van der Waals surface area contributed by atoms with Crippen LogP contribution >= 0.6 is 11.6 Å². The molecule has 266 valence electrons. The van der Waals surface area contributed by atoms with E-state index in [2.05, 4.69) is 22.5 Å². The smallest absolute Gasteiger partial charge is 0.319 e. The lowest BCUT2D eigenvalue weighted by Crippen LogP contribution is -2.60. The lowest BCUT2D eigenvalue weighted by molar-refractivity contribution is -0.277. The number of amides is 2. The topological polar surface area (TPSA) is 103 Å². The van der Waals surface area contributed by atoms with Crippen molar-refractivity contribution < 1.29 is 24.5 Å². The van der Waals surface area contributed by atoms with E-state index in [9.17, 15) is 15.0 Å². The monoisotopic (exact) mass is 699 g/mol. The number of piperidine rings is 1. The molecule has 3 aromatic carbocycles. The predicted molar refractivity (Wildman–Crippen MR) is 193 cm³/mol. The molecule has 2 heterocycles. The van der Waals surface area contributed by atoms with Crippen LogP contribution in [0.1, 0.15) is 92.9 Å². The van der Waals surface area contributed by atoms with Crippen LogP contribution in [-0.4, -0.2) is 52.4 Å². The summed E-state index contributed by atoms with van der Waals surface area (Å²) >= 11 is 6.11. The van der Waals surface area contributed by atoms with Crippen LogP contribution in [-0.2, 0) is 21.7 Å². The van der Waals surface area contributed by atoms with E-state index in [0.29, 0.717) is 24.4 Å². The van der Waals surface area contributed by atoms with E-state index >= 15 is 0 Å². The Labute approximate surface area is 300 Å². The second-order valence-corrected chi connectivity index (χ2v) is 16.5. The number of carbonyl (C=O) groups excluding carboxylic acids is 1. The fourth-order valence-electron chi connectivity index (χ4n) is 10.1. The Morgan fingerprint density at radius 1 is 0.860 bits per heavy atom. The van der Waals surface area contributed by atoms with Gasteiger partial charge in [-0.05, 0) is 110 Å². The lowest BCUT2D eigenvalue weighted by Gasteiger charge is -2.56. The molecule has 4 aliphatic carbocycles. The Kier molecular flexibility index (Phi) is 9.46. The van der Waals surface area contributed by atoms with Crippen molar-refractivity contribution in [2.24, 2.45) is 23.7 Å². The van der Waals surface area contributed by atoms with Gasteiger partial charge in [-0.1, -0.05) is 67.1 Å². The fourth-order valence-corrected chi connectivity index (χ4v) is 10.3. The molecule has 3 aromatic rings. The maximum atomic E-state index is 13.2. The molecule has 0 radical (unpaired) electrons. The minimum atomic E-state index is -0.870. The van der Waals surface area contributed by atoms with E-state index < -0.39 is 11.9 Å². The molecule has 2 amide bonds. The third-order valence-corrected chi connectivity index (χ3v) is 12.7. The van der Waals surface area contributed by atoms with Gasteiger partial charge in [0.1, 0.15) is 0 Å². The molecule has 2 saturated heterocycles. The van der Waals surface area contributed by atoms with Crippen molar-refractivity contribution in [2.45, 2.75) is 94.5 Å². The van der Waals surface area contributed by atoms with Crippen molar-refractivity contribution >= 4 is 23.3 Å². The number of halogens is 1. The number of carbonyl (C=O) groups is 1. The van der Waals surface area contributed by atoms with Crippen LogP contribution in [0.4, 0.5) is 10.5 Å². The first-order valence-corrected chi connectivity index (χ1v) is 18.9. The summed E-state index contributed by atoms with van der Waals surface area (Å²) in [5.74, 6) is 2.36. The van der Waals surface area contributed by atoms with Crippen molar-refractivity contribution in [1.82, 2.24) is 10.2 Å². The van der Waals surface area contributed by atoms with E-state index in [-0.39, 0.29) is 36.3 Å². The number of likely N-dealkylation sites (tertiary alicyclic amines) is 1. The van der Waals surface area contributed by atoms with Gasteiger partial charge in [-0.3, -0.25) is 0 Å². The molecular formula is C41H50ClN3O5. The molecule has 9 heteroatoms. The Balaban J connectivity index is 0.945. The quantitative estimate of drug-likeness (QED) is 0.192. The van der Waals surface area contributed by atoms with Gasteiger partial charge in [0.05, 0.1) is 24.4 Å². The van der Waals surface area contributed by atoms with E-state index in [1.165, 1.54) is 19.3 Å². The zero-order valence-corrected chi connectivity index (χ0v) is 29.7. The first-order chi connectivity index (χ1) is 24.2. The van der Waals surface area contributed by atoms with Crippen LogP contribution in [0.15, 0.2) is 72.8 Å². The molecule has 9 rings (SSSR count). The van der Waals surface area contributed by atoms with Crippen molar-refractivity contribution in [3.05, 3.63) is 100 Å². The fraction of sp³-hybridized carbons (Fsp3) is 0.537. The average Bonchev–Trinajstić information content (AvgIpc) is 3.10. The number of aliphatic hydroxyl groups is 2. The molecule has 0 aromatic heterocycles. The standard InChI is InChI=1S/C41H50ClN3O5/c1-26-36(24-45-16-14-41(48,15-17-45)33-8-10-34(42)11-9-33)49-38(50-37(26)31-4-2-27(25-46)3-5-31)32-6-12-35(13-7-32)43-39(47)44-40-21-28-18-29(22-40)20-30(19-28)23-40/h2-13,26,28-30,36-38,46,48H,14-25H2,1H3,(H2,43,44,47)/t26-,28?,29?,30?,36+,37+,38+,40?/m1/s1. The van der Waals surface area contributed by atoms with Crippen molar-refractivity contribution in [1.29, 1.82) is 0 Å². The average molecular weight is 700 g/mol. The number of hydrogen-bond donors (Lipinski definition) is 4. The van der Waals surface area contributed by atoms with E-state index in [1.807, 2.05) is 72.8 Å². The zero-order chi connectivity index (χ0) is 34.5. The summed E-state index contributed by atoms with van der Waals surface area (Å²) in [4.78, 5) is 15.6. The minimum Gasteiger partial charge on any atom is -0.392 e. The number of ether oxygens (including phenoxy) is 2. The number of rotatable bonds is 8. The summed E-state index contributed by atoms with van der Waals surface area (Å²) in [7, 11) is 0. The number of nitrogens with zero attached hydrogens (tertiary/aromatic N) is 1. The van der Waals surface area contributed by atoms with Crippen LogP contribution < -0.4 is 10.6 Å². The molecule has 8 nitrogen and oxygen atoms in total. The Bertz CT molecular complexity index is 1600. The Morgan fingerprint density at radius 2 is 1.46 bits per heavy atom. The van der Waals surface area contributed by atoms with Gasteiger partial charge >= 0.3 is 6.03 Å². The molecule has 2 aliphatic heterocycles. The van der Waals surface area contributed by atoms with Gasteiger partial charge in [0.15, 0.2) is 6.29 Å². The summed E-state index contributed by atoms with van der Waals surface area (Å²) in [6.07, 6.45) is 7.71. The Hall–Kier alpha value is -2.98. The third kappa shape index (κ3) is 7.08. The van der Waals surface area contributed by atoms with E-state index in [0.717, 1.165) is 78.0 Å². The normalized spacial score (nSPS) is 33.2. The van der Waals surface area contributed by atoms with Crippen LogP contribution in [0.5, 0.6) is 0 Å². The molecule has 4 bridgehead atoms. The summed E-state index contributed by atoms with van der Waals surface area (Å²) in [6.45, 7) is 4.38. The van der Waals surface area contributed by atoms with Crippen LogP contribution in [0.3, 0.4) is 0 Å². The van der Waals surface area contributed by atoms with Crippen LogP contribution in [0.25, 0.3) is 0 Å². The molecule has 0 unspecified atom stereocenters. The molecule has 6 fully saturated rings. The maximum Gasteiger partial charge on any atom is 0.319 e. The van der Waals surface area contributed by atoms with E-state index in [1.54, 1.807) is 0 Å². The molecule has 4 saturated carbocycles. The summed E-state index contributed by atoms with van der Waals surface area (Å²) in [6, 6.07) is 23.2. The van der Waals surface area contributed by atoms with Gasteiger partial charge < -0.3 is 35.2 Å². The molecule has 4 N–H and O–H groups in total. The van der Waals surface area contributed by atoms with Gasteiger partial charge in [-0.15, -0.1) is 0 Å². The molecule has 4 atom stereocenters. The zero-order valence-electron chi connectivity index (χ0n) is 28.9. The first kappa shape index (κ1) is 34.1. The Morgan fingerprint density at radius 3 is 2.06 bits per heavy atom. The highest BCUT2D eigenvalue weighted by atomic mass is 35.5. The van der Waals surface area contributed by atoms with Gasteiger partial charge in [0.2, 0.25) is 0 Å². The summed E-state index contributed by atoms with van der Waals surface area (Å²) in [5.41, 5.74) is 3.54. The highest BCUT2D eigenvalue weighted by Gasteiger charge is 2.51. The van der Waals surface area contributed by atoms with Crippen molar-refractivity contribution in [3.63, 3.8) is 0 Å². The SMILES string of the molecule is C[C@@H]1[C@H](CN2CCC(O)(c3ccc(Cl)cc3)CC2)O[C@H](c2ccc(NC(=O)NC34CC5CC(CC(C5)C3)C4)cc2)O[C@@H]1c1ccc(CO)cc1. The maximum absolute atomic E-state index is 13.2. The number of anilines is 1. The number of hydrogen-bond acceptors (Lipinski definition) is 6. The van der Waals surface area contributed by atoms with Gasteiger partial charge in [0.25, 0.3) is 0 Å². The second-order valence-electron chi connectivity index (χ2n) is 16.1. The first-order valence-electron chi connectivity index (χ1n) is 18.6. The van der Waals surface area contributed by atoms with Crippen LogP contribution in [0.2, 0.25) is 5.02 Å². The largest absolute Gasteiger partial charge is 0.392 e. The molecule has 0 spiro atoms. The van der Waals surface area contributed by atoms with Crippen LogP contribution in [0, 0.1) is 23.7 Å². The third-order valence-electron chi connectivity index (χ3n) is 12.5. The number of benzene rings is 3. The minimum absolute atomic E-state index is 0.00596. The lowest BCUT2D eigenvalue weighted by atomic mass is 9.53. The highest BCUT2D eigenvalue weighted by Crippen LogP contribution is 2.55. The summed E-state index contributed by atoms with van der Waals surface area (Å²) < 4.78 is 13.4.